The second-order valence-electron chi connectivity index (χ2n) is 5.96. The molecule has 1 aliphatic heterocycles. The molecule has 2 aromatic rings. The molecule has 1 fully saturated rings. The molecule has 1 amide bonds. The first kappa shape index (κ1) is 19.8. The maximum absolute atomic E-state index is 13.5. The molecule has 2 aromatic carbocycles. The molecule has 27 heavy (non-hydrogen) atoms. The second-order valence-corrected chi connectivity index (χ2v) is 8.69. The van der Waals surface area contributed by atoms with Crippen molar-refractivity contribution in [2.75, 3.05) is 24.7 Å². The van der Waals surface area contributed by atoms with Gasteiger partial charge in [-0.25, -0.2) is 9.18 Å². The van der Waals surface area contributed by atoms with E-state index < -0.39 is 11.9 Å². The van der Waals surface area contributed by atoms with E-state index >= 15 is 0 Å². The summed E-state index contributed by atoms with van der Waals surface area (Å²) in [6.45, 7) is -0.0745. The molecule has 0 spiro atoms. The largest absolute Gasteiger partial charge is 0.452 e. The molecule has 0 aromatic heterocycles. The number of halogens is 1. The van der Waals surface area contributed by atoms with Crippen LogP contribution in [0.5, 0.6) is 0 Å². The number of carbonyl (C=O) groups is 2. The Morgan fingerprint density at radius 3 is 2.48 bits per heavy atom. The third-order valence-electron chi connectivity index (χ3n) is 4.05. The van der Waals surface area contributed by atoms with Gasteiger partial charge in [0.15, 0.2) is 6.61 Å². The van der Waals surface area contributed by atoms with Gasteiger partial charge < -0.3 is 10.1 Å². The van der Waals surface area contributed by atoms with E-state index in [4.69, 9.17) is 4.74 Å². The van der Waals surface area contributed by atoms with Crippen LogP contribution in [-0.4, -0.2) is 36.5 Å². The SMILES string of the molecule is O=C(COC(=O)c1ccc(C2SCCS2)cc1)NCCc1ccccc1F. The van der Waals surface area contributed by atoms with Gasteiger partial charge in [-0.1, -0.05) is 30.3 Å². The fraction of sp³-hybridized carbons (Fsp3) is 0.300. The van der Waals surface area contributed by atoms with Gasteiger partial charge in [-0.15, -0.1) is 23.5 Å². The molecule has 1 aliphatic rings. The van der Waals surface area contributed by atoms with E-state index in [1.807, 2.05) is 35.7 Å². The quantitative estimate of drug-likeness (QED) is 0.710. The molecule has 0 bridgehead atoms. The molecular formula is C20H20FNO3S2. The fourth-order valence-corrected chi connectivity index (χ4v) is 5.49. The molecule has 0 aliphatic carbocycles. The summed E-state index contributed by atoms with van der Waals surface area (Å²) in [5.74, 6) is 1.06. The predicted octanol–water partition coefficient (Wildman–Crippen LogP) is 3.82. The van der Waals surface area contributed by atoms with Crippen molar-refractivity contribution in [2.45, 2.75) is 11.0 Å². The Kier molecular flexibility index (Phi) is 7.18. The van der Waals surface area contributed by atoms with Crippen molar-refractivity contribution in [2.24, 2.45) is 0 Å². The number of carbonyl (C=O) groups excluding carboxylic acids is 2. The first-order valence-electron chi connectivity index (χ1n) is 8.64. The molecule has 0 unspecified atom stereocenters. The zero-order chi connectivity index (χ0) is 19.1. The lowest BCUT2D eigenvalue weighted by atomic mass is 10.1. The Labute approximate surface area is 166 Å². The Bertz CT molecular complexity index is 792. The number of hydrogen-bond acceptors (Lipinski definition) is 5. The third kappa shape index (κ3) is 5.74. The van der Waals surface area contributed by atoms with Crippen LogP contribution < -0.4 is 5.32 Å². The van der Waals surface area contributed by atoms with Crippen LogP contribution in [-0.2, 0) is 16.0 Å². The summed E-state index contributed by atoms with van der Waals surface area (Å²) in [4.78, 5) is 23.9. The molecule has 1 saturated heterocycles. The summed E-state index contributed by atoms with van der Waals surface area (Å²) < 4.78 is 19.0. The standard InChI is InChI=1S/C20H20FNO3S2/c21-17-4-2-1-3-14(17)9-10-22-18(23)13-25-19(24)15-5-7-16(8-6-15)20-26-11-12-27-20/h1-8,20H,9-13H2,(H,22,23). The van der Waals surface area contributed by atoms with E-state index in [9.17, 15) is 14.0 Å². The Hall–Kier alpha value is -1.99. The second kappa shape index (κ2) is 9.80. The van der Waals surface area contributed by atoms with Crippen molar-refractivity contribution in [1.29, 1.82) is 0 Å². The van der Waals surface area contributed by atoms with Gasteiger partial charge >= 0.3 is 5.97 Å². The van der Waals surface area contributed by atoms with Gasteiger partial charge in [-0.3, -0.25) is 4.79 Å². The minimum atomic E-state index is -0.530. The van der Waals surface area contributed by atoms with Crippen molar-refractivity contribution >= 4 is 35.4 Å². The van der Waals surface area contributed by atoms with Crippen molar-refractivity contribution in [3.05, 3.63) is 71.0 Å². The zero-order valence-electron chi connectivity index (χ0n) is 14.7. The van der Waals surface area contributed by atoms with E-state index in [0.29, 0.717) is 22.1 Å². The van der Waals surface area contributed by atoms with Gasteiger partial charge in [0.2, 0.25) is 0 Å². The van der Waals surface area contributed by atoms with Crippen molar-refractivity contribution in [1.82, 2.24) is 5.32 Å². The molecule has 3 rings (SSSR count). The van der Waals surface area contributed by atoms with Crippen LogP contribution in [0.1, 0.15) is 26.1 Å². The van der Waals surface area contributed by atoms with Crippen molar-refractivity contribution < 1.29 is 18.7 Å². The molecule has 0 saturated carbocycles. The smallest absolute Gasteiger partial charge is 0.338 e. The lowest BCUT2D eigenvalue weighted by molar-refractivity contribution is -0.124. The third-order valence-corrected chi connectivity index (χ3v) is 7.15. The normalized spacial score (nSPS) is 14.1. The highest BCUT2D eigenvalue weighted by atomic mass is 32.2. The highest BCUT2D eigenvalue weighted by Gasteiger charge is 2.18. The first-order chi connectivity index (χ1) is 13.1. The molecule has 1 N–H and O–H groups in total. The molecule has 7 heteroatoms. The van der Waals surface area contributed by atoms with Gasteiger partial charge in [0.05, 0.1) is 10.1 Å². The highest BCUT2D eigenvalue weighted by Crippen LogP contribution is 2.45. The lowest BCUT2D eigenvalue weighted by Gasteiger charge is -2.10. The molecule has 142 valence electrons. The van der Waals surface area contributed by atoms with Crippen LogP contribution >= 0.6 is 23.5 Å². The van der Waals surface area contributed by atoms with Gasteiger partial charge in [0, 0.05) is 18.1 Å². The number of benzene rings is 2. The lowest BCUT2D eigenvalue weighted by Crippen LogP contribution is -2.30. The van der Waals surface area contributed by atoms with E-state index in [-0.39, 0.29) is 19.0 Å². The summed E-state index contributed by atoms with van der Waals surface area (Å²) in [6, 6.07) is 13.7. The van der Waals surface area contributed by atoms with Gasteiger partial charge in [0.25, 0.3) is 5.91 Å². The maximum atomic E-state index is 13.5. The Morgan fingerprint density at radius 1 is 1.07 bits per heavy atom. The van der Waals surface area contributed by atoms with E-state index in [1.54, 1.807) is 30.3 Å². The van der Waals surface area contributed by atoms with E-state index in [2.05, 4.69) is 5.32 Å². The summed E-state index contributed by atoms with van der Waals surface area (Å²) in [5.41, 5.74) is 2.14. The van der Waals surface area contributed by atoms with Crippen LogP contribution in [0.25, 0.3) is 0 Å². The Morgan fingerprint density at radius 2 is 1.78 bits per heavy atom. The van der Waals surface area contributed by atoms with Crippen molar-refractivity contribution in [3.63, 3.8) is 0 Å². The van der Waals surface area contributed by atoms with E-state index in [0.717, 1.165) is 11.5 Å². The number of rotatable bonds is 7. The van der Waals surface area contributed by atoms with E-state index in [1.165, 1.54) is 11.6 Å². The average Bonchev–Trinajstić information content (AvgIpc) is 3.22. The van der Waals surface area contributed by atoms with Crippen LogP contribution in [0.3, 0.4) is 0 Å². The molecule has 0 radical (unpaired) electrons. The summed E-state index contributed by atoms with van der Waals surface area (Å²) in [7, 11) is 0. The first-order valence-corrected chi connectivity index (χ1v) is 10.7. The molecule has 1 heterocycles. The molecule has 4 nitrogen and oxygen atoms in total. The maximum Gasteiger partial charge on any atom is 0.338 e. The van der Waals surface area contributed by atoms with Gasteiger partial charge in [-0.05, 0) is 35.7 Å². The van der Waals surface area contributed by atoms with Crippen LogP contribution in [0.4, 0.5) is 4.39 Å². The number of thioether (sulfide) groups is 2. The highest BCUT2D eigenvalue weighted by molar-refractivity contribution is 8.19. The summed E-state index contributed by atoms with van der Waals surface area (Å²) >= 11 is 3.80. The number of amides is 1. The predicted molar refractivity (Wildman–Crippen MR) is 107 cm³/mol. The number of ether oxygens (including phenoxy) is 1. The molecular weight excluding hydrogens is 385 g/mol. The van der Waals surface area contributed by atoms with Gasteiger partial charge in [0.1, 0.15) is 5.82 Å². The fourth-order valence-electron chi connectivity index (χ4n) is 2.63. The number of nitrogens with one attached hydrogen (secondary N) is 1. The number of hydrogen-bond donors (Lipinski definition) is 1. The number of esters is 1. The van der Waals surface area contributed by atoms with Gasteiger partial charge in [-0.2, -0.15) is 0 Å². The summed E-state index contributed by atoms with van der Waals surface area (Å²) in [6.07, 6.45) is 0.380. The minimum Gasteiger partial charge on any atom is -0.452 e. The summed E-state index contributed by atoms with van der Waals surface area (Å²) in [5, 5.41) is 2.62. The average molecular weight is 406 g/mol. The van der Waals surface area contributed by atoms with Crippen LogP contribution in [0.15, 0.2) is 48.5 Å². The van der Waals surface area contributed by atoms with Crippen LogP contribution in [0, 0.1) is 5.82 Å². The van der Waals surface area contributed by atoms with Crippen molar-refractivity contribution in [3.8, 4) is 0 Å². The topological polar surface area (TPSA) is 55.4 Å². The Balaban J connectivity index is 1.40. The minimum absolute atomic E-state index is 0.280. The van der Waals surface area contributed by atoms with Crippen LogP contribution in [0.2, 0.25) is 0 Å². The monoisotopic (exact) mass is 405 g/mol. The molecule has 0 atom stereocenters. The zero-order valence-corrected chi connectivity index (χ0v) is 16.3.